The highest BCUT2D eigenvalue weighted by Crippen LogP contribution is 2.14. The number of methoxy groups -OCH3 is 1. The van der Waals surface area contributed by atoms with Crippen LogP contribution in [0, 0.1) is 0 Å². The third-order valence-electron chi connectivity index (χ3n) is 1.14. The molecule has 0 aliphatic carbocycles. The number of thioether (sulfide) groups is 1. The van der Waals surface area contributed by atoms with E-state index in [4.69, 9.17) is 16.3 Å². The van der Waals surface area contributed by atoms with E-state index in [1.807, 2.05) is 6.07 Å². The van der Waals surface area contributed by atoms with Gasteiger partial charge in [0.05, 0.1) is 6.61 Å². The van der Waals surface area contributed by atoms with Crippen molar-refractivity contribution in [2.75, 3.05) is 19.5 Å². The zero-order valence-electron chi connectivity index (χ0n) is 6.66. The highest BCUT2D eigenvalue weighted by molar-refractivity contribution is 7.99. The third kappa shape index (κ3) is 3.38. The lowest BCUT2D eigenvalue weighted by molar-refractivity contribution is 0.218. The molecule has 0 atom stereocenters. The van der Waals surface area contributed by atoms with Crippen molar-refractivity contribution in [1.29, 1.82) is 0 Å². The second kappa shape index (κ2) is 5.35. The van der Waals surface area contributed by atoms with E-state index in [-0.39, 0.29) is 0 Å². The number of nitrogens with zero attached hydrogens (tertiary/aromatic N) is 2. The molecule has 0 bridgehead atoms. The van der Waals surface area contributed by atoms with E-state index in [0.717, 1.165) is 17.4 Å². The highest BCUT2D eigenvalue weighted by Gasteiger charge is 1.95. The Balaban J connectivity index is 2.37. The SMILES string of the molecule is COCCSc1ccc(Cl)nn1. The first-order valence-corrected chi connectivity index (χ1v) is 4.80. The first-order chi connectivity index (χ1) is 5.83. The Hall–Kier alpha value is -0.320. The first-order valence-electron chi connectivity index (χ1n) is 3.44. The zero-order chi connectivity index (χ0) is 8.81. The van der Waals surface area contributed by atoms with Gasteiger partial charge in [-0.2, -0.15) is 0 Å². The summed E-state index contributed by atoms with van der Waals surface area (Å²) in [7, 11) is 1.67. The lowest BCUT2D eigenvalue weighted by atomic mass is 10.6. The maximum atomic E-state index is 5.57. The summed E-state index contributed by atoms with van der Waals surface area (Å²) in [6.07, 6.45) is 0. The fourth-order valence-electron chi connectivity index (χ4n) is 0.610. The largest absolute Gasteiger partial charge is 0.384 e. The van der Waals surface area contributed by atoms with Crippen LogP contribution >= 0.6 is 23.4 Å². The van der Waals surface area contributed by atoms with Crippen LogP contribution in [-0.2, 0) is 4.74 Å². The summed E-state index contributed by atoms with van der Waals surface area (Å²) in [6, 6.07) is 3.57. The topological polar surface area (TPSA) is 35.0 Å². The molecule has 0 radical (unpaired) electrons. The number of ether oxygens (including phenoxy) is 1. The van der Waals surface area contributed by atoms with Gasteiger partial charge in [-0.25, -0.2) is 0 Å². The summed E-state index contributed by atoms with van der Waals surface area (Å²) in [4.78, 5) is 0. The molecule has 0 fully saturated rings. The van der Waals surface area contributed by atoms with Gasteiger partial charge < -0.3 is 4.74 Å². The number of hydrogen-bond acceptors (Lipinski definition) is 4. The van der Waals surface area contributed by atoms with E-state index < -0.39 is 0 Å². The van der Waals surface area contributed by atoms with Gasteiger partial charge in [0.1, 0.15) is 5.03 Å². The zero-order valence-corrected chi connectivity index (χ0v) is 8.23. The predicted molar refractivity (Wildman–Crippen MR) is 49.6 cm³/mol. The van der Waals surface area contributed by atoms with Crippen molar-refractivity contribution in [3.63, 3.8) is 0 Å². The molecule has 0 spiro atoms. The summed E-state index contributed by atoms with van der Waals surface area (Å²) >= 11 is 7.16. The number of rotatable bonds is 4. The normalized spacial score (nSPS) is 10.2. The van der Waals surface area contributed by atoms with Crippen molar-refractivity contribution in [1.82, 2.24) is 10.2 Å². The summed E-state index contributed by atoms with van der Waals surface area (Å²) in [5.41, 5.74) is 0. The van der Waals surface area contributed by atoms with Crippen LogP contribution in [0.4, 0.5) is 0 Å². The van der Waals surface area contributed by atoms with E-state index in [1.54, 1.807) is 24.9 Å². The second-order valence-corrected chi connectivity index (χ2v) is 3.54. The molecular formula is C7H9ClN2OS. The fourth-order valence-corrected chi connectivity index (χ4v) is 1.43. The molecule has 0 saturated carbocycles. The molecule has 0 amide bonds. The molecule has 1 heterocycles. The van der Waals surface area contributed by atoms with Crippen molar-refractivity contribution in [2.45, 2.75) is 5.03 Å². The average molecular weight is 205 g/mol. The Morgan fingerprint density at radius 1 is 1.50 bits per heavy atom. The van der Waals surface area contributed by atoms with Crippen LogP contribution in [-0.4, -0.2) is 29.7 Å². The number of halogens is 1. The van der Waals surface area contributed by atoms with Crippen LogP contribution in [0.15, 0.2) is 17.2 Å². The van der Waals surface area contributed by atoms with Crippen molar-refractivity contribution in [3.05, 3.63) is 17.3 Å². The van der Waals surface area contributed by atoms with Crippen LogP contribution in [0.2, 0.25) is 5.15 Å². The Kier molecular flexibility index (Phi) is 4.35. The van der Waals surface area contributed by atoms with Crippen LogP contribution in [0.25, 0.3) is 0 Å². The molecule has 12 heavy (non-hydrogen) atoms. The van der Waals surface area contributed by atoms with Gasteiger partial charge in [-0.3, -0.25) is 0 Å². The minimum atomic E-state index is 0.422. The van der Waals surface area contributed by atoms with Gasteiger partial charge in [0.15, 0.2) is 5.15 Å². The second-order valence-electron chi connectivity index (χ2n) is 2.04. The van der Waals surface area contributed by atoms with Gasteiger partial charge in [-0.1, -0.05) is 11.6 Å². The van der Waals surface area contributed by atoms with Crippen molar-refractivity contribution >= 4 is 23.4 Å². The molecule has 5 heteroatoms. The Bertz CT molecular complexity index is 229. The van der Waals surface area contributed by atoms with Gasteiger partial charge in [0.2, 0.25) is 0 Å². The van der Waals surface area contributed by atoms with Crippen molar-refractivity contribution in [3.8, 4) is 0 Å². The third-order valence-corrected chi connectivity index (χ3v) is 2.23. The Labute approximate surface area is 80.5 Å². The molecule has 0 N–H and O–H groups in total. The maximum absolute atomic E-state index is 5.57. The van der Waals surface area contributed by atoms with Crippen molar-refractivity contribution < 1.29 is 4.74 Å². The Morgan fingerprint density at radius 3 is 2.92 bits per heavy atom. The minimum Gasteiger partial charge on any atom is -0.384 e. The molecule has 0 aliphatic rings. The molecule has 1 rings (SSSR count). The molecule has 3 nitrogen and oxygen atoms in total. The van der Waals surface area contributed by atoms with E-state index in [1.165, 1.54) is 0 Å². The van der Waals surface area contributed by atoms with Gasteiger partial charge in [-0.05, 0) is 12.1 Å². The number of aromatic nitrogens is 2. The molecule has 0 saturated heterocycles. The summed E-state index contributed by atoms with van der Waals surface area (Å²) < 4.78 is 4.89. The standard InChI is InChI=1S/C7H9ClN2OS/c1-11-4-5-12-7-3-2-6(8)9-10-7/h2-3H,4-5H2,1H3. The average Bonchev–Trinajstić information content (AvgIpc) is 2.09. The van der Waals surface area contributed by atoms with Crippen LogP contribution in [0.1, 0.15) is 0 Å². The molecule has 66 valence electrons. The minimum absolute atomic E-state index is 0.422. The van der Waals surface area contributed by atoms with Crippen LogP contribution in [0.5, 0.6) is 0 Å². The number of hydrogen-bond donors (Lipinski definition) is 0. The monoisotopic (exact) mass is 204 g/mol. The van der Waals surface area contributed by atoms with E-state index >= 15 is 0 Å². The molecule has 1 aromatic heterocycles. The van der Waals surface area contributed by atoms with Gasteiger partial charge in [0.25, 0.3) is 0 Å². The quantitative estimate of drug-likeness (QED) is 0.554. The van der Waals surface area contributed by atoms with E-state index in [0.29, 0.717) is 5.15 Å². The molecule has 1 aromatic rings. The molecule has 0 aliphatic heterocycles. The highest BCUT2D eigenvalue weighted by atomic mass is 35.5. The first kappa shape index (κ1) is 9.77. The molecular weight excluding hydrogens is 196 g/mol. The molecule has 0 aromatic carbocycles. The van der Waals surface area contributed by atoms with Crippen molar-refractivity contribution in [2.24, 2.45) is 0 Å². The van der Waals surface area contributed by atoms with Gasteiger partial charge >= 0.3 is 0 Å². The maximum Gasteiger partial charge on any atom is 0.151 e. The fraction of sp³-hybridized carbons (Fsp3) is 0.429. The van der Waals surface area contributed by atoms with E-state index in [2.05, 4.69) is 10.2 Å². The van der Waals surface area contributed by atoms with Crippen LogP contribution < -0.4 is 0 Å². The predicted octanol–water partition coefficient (Wildman–Crippen LogP) is 1.87. The molecule has 0 unspecified atom stereocenters. The lowest BCUT2D eigenvalue weighted by Gasteiger charge is -1.97. The summed E-state index contributed by atoms with van der Waals surface area (Å²) in [5, 5.41) is 8.88. The summed E-state index contributed by atoms with van der Waals surface area (Å²) in [6.45, 7) is 0.717. The van der Waals surface area contributed by atoms with Gasteiger partial charge in [0, 0.05) is 12.9 Å². The van der Waals surface area contributed by atoms with Crippen LogP contribution in [0.3, 0.4) is 0 Å². The Morgan fingerprint density at radius 2 is 2.33 bits per heavy atom. The smallest absolute Gasteiger partial charge is 0.151 e. The lowest BCUT2D eigenvalue weighted by Crippen LogP contribution is -1.92. The van der Waals surface area contributed by atoms with E-state index in [9.17, 15) is 0 Å². The van der Waals surface area contributed by atoms with Gasteiger partial charge in [-0.15, -0.1) is 22.0 Å². The summed E-state index contributed by atoms with van der Waals surface area (Å²) in [5.74, 6) is 0.882.